The van der Waals surface area contributed by atoms with Gasteiger partial charge in [-0.15, -0.1) is 12.6 Å². The topological polar surface area (TPSA) is 43.2 Å². The van der Waals surface area contributed by atoms with Crippen LogP contribution in [0.5, 0.6) is 0 Å². The summed E-state index contributed by atoms with van der Waals surface area (Å²) in [6, 6.07) is 12.5. The van der Waals surface area contributed by atoms with Gasteiger partial charge in [-0.3, -0.25) is 0 Å². The molecule has 1 aliphatic heterocycles. The van der Waals surface area contributed by atoms with E-state index in [1.54, 1.807) is 35.0 Å². The monoisotopic (exact) mass is 345 g/mol. The highest BCUT2D eigenvalue weighted by Crippen LogP contribution is 2.58. The molecule has 2 heterocycles. The molecule has 1 saturated heterocycles. The van der Waals surface area contributed by atoms with Crippen LogP contribution in [0.25, 0.3) is 0 Å². The molecule has 122 valence electrons. The Hall–Kier alpha value is -2.25. The van der Waals surface area contributed by atoms with Crippen LogP contribution in [0.4, 0.5) is 8.78 Å². The number of hydrogen-bond acceptors (Lipinski definition) is 4. The molecule has 0 aliphatic carbocycles. The molecule has 2 atom stereocenters. The van der Waals surface area contributed by atoms with Crippen LogP contribution >= 0.6 is 12.6 Å². The lowest BCUT2D eigenvalue weighted by atomic mass is 9.91. The van der Waals surface area contributed by atoms with Gasteiger partial charge in [-0.1, -0.05) is 30.3 Å². The molecule has 1 aromatic heterocycles. The van der Waals surface area contributed by atoms with Gasteiger partial charge in [0.1, 0.15) is 29.7 Å². The van der Waals surface area contributed by atoms with Crippen molar-refractivity contribution in [1.29, 1.82) is 0 Å². The first-order chi connectivity index (χ1) is 11.6. The van der Waals surface area contributed by atoms with Crippen LogP contribution < -0.4 is 0 Å². The lowest BCUT2D eigenvalue weighted by Crippen LogP contribution is -2.20. The number of epoxide rings is 1. The van der Waals surface area contributed by atoms with E-state index in [2.05, 4.69) is 22.7 Å². The van der Waals surface area contributed by atoms with Crippen molar-refractivity contribution in [3.63, 3.8) is 0 Å². The van der Waals surface area contributed by atoms with E-state index in [4.69, 9.17) is 4.74 Å². The van der Waals surface area contributed by atoms with E-state index in [1.807, 2.05) is 0 Å². The first-order valence-corrected chi connectivity index (χ1v) is 7.80. The third-order valence-corrected chi connectivity index (χ3v) is 4.54. The van der Waals surface area contributed by atoms with Gasteiger partial charge in [0.25, 0.3) is 0 Å². The van der Waals surface area contributed by atoms with E-state index in [0.717, 1.165) is 5.56 Å². The van der Waals surface area contributed by atoms with Crippen LogP contribution in [0.2, 0.25) is 0 Å². The zero-order valence-electron chi connectivity index (χ0n) is 12.4. The maximum atomic E-state index is 14.2. The van der Waals surface area contributed by atoms with Crippen molar-refractivity contribution in [3.05, 3.63) is 77.6 Å². The molecule has 1 fully saturated rings. The second-order valence-corrected chi connectivity index (χ2v) is 6.03. The molecule has 0 amide bonds. The molecular weight excluding hydrogens is 332 g/mol. The zero-order chi connectivity index (χ0) is 16.7. The normalized spacial score (nSPS) is 22.5. The van der Waals surface area contributed by atoms with Crippen molar-refractivity contribution in [2.24, 2.45) is 0 Å². The second kappa shape index (κ2) is 5.68. The third-order valence-electron chi connectivity index (χ3n) is 4.19. The summed E-state index contributed by atoms with van der Waals surface area (Å²) in [4.78, 5) is 3.98. The number of ether oxygens (including phenoxy) is 1. The molecule has 4 rings (SSSR count). The maximum Gasteiger partial charge on any atom is 0.183 e. The summed E-state index contributed by atoms with van der Waals surface area (Å²) >= 11 is 4.25. The Bertz CT molecular complexity index is 884. The van der Waals surface area contributed by atoms with E-state index >= 15 is 0 Å². The number of halogens is 2. The summed E-state index contributed by atoms with van der Waals surface area (Å²) in [6.07, 6.45) is 0.905. The highest BCUT2D eigenvalue weighted by Gasteiger charge is 2.60. The minimum Gasteiger partial charge on any atom is -0.354 e. The number of hydrogen-bond donors (Lipinski definition) is 1. The van der Waals surface area contributed by atoms with Crippen molar-refractivity contribution in [2.45, 2.75) is 23.4 Å². The second-order valence-electron chi connectivity index (χ2n) is 5.63. The molecule has 7 heteroatoms. The molecule has 24 heavy (non-hydrogen) atoms. The Morgan fingerprint density at radius 3 is 2.54 bits per heavy atom. The number of aromatic nitrogens is 3. The predicted octanol–water partition coefficient (Wildman–Crippen LogP) is 3.51. The van der Waals surface area contributed by atoms with Crippen LogP contribution in [-0.2, 0) is 16.9 Å². The van der Waals surface area contributed by atoms with Crippen LogP contribution in [0.15, 0.2) is 60.0 Å². The smallest absolute Gasteiger partial charge is 0.183 e. The van der Waals surface area contributed by atoms with E-state index in [1.165, 1.54) is 24.5 Å². The maximum absolute atomic E-state index is 14.2. The SMILES string of the molecule is Fc1ccc([C@@]2(Cn3ncnc3S)O[C@@H]2c2ccccc2F)cc1. The fourth-order valence-corrected chi connectivity index (χ4v) is 3.11. The van der Waals surface area contributed by atoms with E-state index in [-0.39, 0.29) is 11.6 Å². The average Bonchev–Trinajstić information content (AvgIpc) is 3.16. The summed E-state index contributed by atoms with van der Waals surface area (Å²) in [6.45, 7) is 0.302. The Kier molecular flexibility index (Phi) is 3.62. The summed E-state index contributed by atoms with van der Waals surface area (Å²) in [5.41, 5.74) is 0.379. The minimum atomic E-state index is -0.832. The van der Waals surface area contributed by atoms with Gasteiger partial charge in [0.05, 0.1) is 6.54 Å². The molecule has 0 bridgehead atoms. The molecule has 1 aliphatic rings. The van der Waals surface area contributed by atoms with Crippen molar-refractivity contribution >= 4 is 12.6 Å². The lowest BCUT2D eigenvalue weighted by molar-refractivity contribution is 0.256. The molecule has 0 unspecified atom stereocenters. The van der Waals surface area contributed by atoms with Crippen molar-refractivity contribution in [3.8, 4) is 0 Å². The van der Waals surface area contributed by atoms with Crippen LogP contribution in [0.3, 0.4) is 0 Å². The molecule has 0 spiro atoms. The fraction of sp³-hybridized carbons (Fsp3) is 0.176. The van der Waals surface area contributed by atoms with Crippen LogP contribution in [0.1, 0.15) is 17.2 Å². The molecule has 0 radical (unpaired) electrons. The molecular formula is C17H13F2N3OS. The fourth-order valence-electron chi connectivity index (χ4n) is 2.93. The number of nitrogens with zero attached hydrogens (tertiary/aromatic N) is 3. The number of benzene rings is 2. The largest absolute Gasteiger partial charge is 0.354 e. The van der Waals surface area contributed by atoms with Gasteiger partial charge in [-0.2, -0.15) is 5.10 Å². The molecule has 0 N–H and O–H groups in total. The van der Waals surface area contributed by atoms with E-state index < -0.39 is 11.7 Å². The Morgan fingerprint density at radius 1 is 1.12 bits per heavy atom. The van der Waals surface area contributed by atoms with Gasteiger partial charge < -0.3 is 4.74 Å². The highest BCUT2D eigenvalue weighted by atomic mass is 32.1. The first kappa shape index (κ1) is 15.3. The third kappa shape index (κ3) is 2.50. The van der Waals surface area contributed by atoms with Gasteiger partial charge in [0.15, 0.2) is 5.16 Å². The van der Waals surface area contributed by atoms with Gasteiger partial charge in [0.2, 0.25) is 0 Å². The Balaban J connectivity index is 1.76. The summed E-state index contributed by atoms with van der Waals surface area (Å²) in [7, 11) is 0. The van der Waals surface area contributed by atoms with Crippen molar-refractivity contribution in [1.82, 2.24) is 14.8 Å². The van der Waals surface area contributed by atoms with E-state index in [0.29, 0.717) is 17.3 Å². The average molecular weight is 345 g/mol. The van der Waals surface area contributed by atoms with Gasteiger partial charge in [-0.05, 0) is 23.8 Å². The quantitative estimate of drug-likeness (QED) is 0.581. The highest BCUT2D eigenvalue weighted by molar-refractivity contribution is 7.80. The lowest BCUT2D eigenvalue weighted by Gasteiger charge is -2.15. The van der Waals surface area contributed by atoms with Gasteiger partial charge in [0, 0.05) is 5.56 Å². The van der Waals surface area contributed by atoms with Crippen LogP contribution in [-0.4, -0.2) is 14.8 Å². The number of rotatable bonds is 4. The molecule has 0 saturated carbocycles. The molecule has 4 nitrogen and oxygen atoms in total. The van der Waals surface area contributed by atoms with Crippen LogP contribution in [0, 0.1) is 11.6 Å². The summed E-state index contributed by atoms with van der Waals surface area (Å²) in [5, 5.41) is 4.55. The Morgan fingerprint density at radius 2 is 1.88 bits per heavy atom. The summed E-state index contributed by atoms with van der Waals surface area (Å²) < 4.78 is 35.0. The molecule has 3 aromatic rings. The molecule has 2 aromatic carbocycles. The van der Waals surface area contributed by atoms with E-state index in [9.17, 15) is 8.78 Å². The Labute approximate surface area is 142 Å². The van der Waals surface area contributed by atoms with Gasteiger partial charge >= 0.3 is 0 Å². The van der Waals surface area contributed by atoms with Crippen molar-refractivity contribution < 1.29 is 13.5 Å². The van der Waals surface area contributed by atoms with Crippen molar-refractivity contribution in [2.75, 3.05) is 0 Å². The zero-order valence-corrected chi connectivity index (χ0v) is 13.3. The first-order valence-electron chi connectivity index (χ1n) is 7.35. The summed E-state index contributed by atoms with van der Waals surface area (Å²) in [5.74, 6) is -0.677. The minimum absolute atomic E-state index is 0.302. The number of thiol groups is 1. The standard InChI is InChI=1S/C17H13F2N3OS/c18-12-7-5-11(6-8-12)17(9-22-16(24)20-10-21-22)15(23-17)13-3-1-2-4-14(13)19/h1-8,10,15H,9H2,(H,20,21,24)/t15-,17-/m1/s1. The van der Waals surface area contributed by atoms with Gasteiger partial charge in [-0.25, -0.2) is 18.4 Å². The predicted molar refractivity (Wildman–Crippen MR) is 85.6 cm³/mol.